The molecule has 0 spiro atoms. The summed E-state index contributed by atoms with van der Waals surface area (Å²) >= 11 is 0. The van der Waals surface area contributed by atoms with E-state index in [9.17, 15) is 5.11 Å². The van der Waals surface area contributed by atoms with Gasteiger partial charge >= 0.3 is 0 Å². The Morgan fingerprint density at radius 3 is 2.58 bits per heavy atom. The molecule has 0 radical (unpaired) electrons. The maximum atomic E-state index is 9.60. The van der Waals surface area contributed by atoms with E-state index in [0.29, 0.717) is 17.9 Å². The summed E-state index contributed by atoms with van der Waals surface area (Å²) in [6.45, 7) is 2.15. The number of aliphatic hydroxyl groups excluding tert-OH is 1. The van der Waals surface area contributed by atoms with Crippen LogP contribution < -0.4 is 0 Å². The van der Waals surface area contributed by atoms with Crippen LogP contribution in [0, 0.1) is 11.8 Å². The first-order valence-electron chi connectivity index (χ1n) is 5.16. The van der Waals surface area contributed by atoms with Gasteiger partial charge in [-0.05, 0) is 25.2 Å². The molecule has 12 heavy (non-hydrogen) atoms. The van der Waals surface area contributed by atoms with Gasteiger partial charge in [-0.1, -0.05) is 19.8 Å². The fraction of sp³-hybridized carbons (Fsp3) is 1.00. The minimum absolute atomic E-state index is 0.338. The second-order valence-corrected chi connectivity index (χ2v) is 4.09. The minimum Gasteiger partial charge on any atom is -0.368 e. The molecule has 1 saturated heterocycles. The molecule has 0 bridgehead atoms. The van der Waals surface area contributed by atoms with E-state index in [1.165, 1.54) is 25.7 Å². The van der Waals surface area contributed by atoms with Crippen LogP contribution in [-0.4, -0.2) is 17.5 Å². The molecule has 4 atom stereocenters. The average Bonchev–Trinajstić information content (AvgIpc) is 2.44. The molecular weight excluding hydrogens is 152 g/mol. The molecule has 2 nitrogen and oxygen atoms in total. The molecule has 0 aromatic rings. The Bertz CT molecular complexity index is 158. The van der Waals surface area contributed by atoms with Crippen LogP contribution in [-0.2, 0) is 4.74 Å². The van der Waals surface area contributed by atoms with Crippen LogP contribution in [0.1, 0.15) is 39.0 Å². The molecule has 0 aromatic heterocycles. The van der Waals surface area contributed by atoms with E-state index in [2.05, 4.69) is 6.92 Å². The van der Waals surface area contributed by atoms with E-state index in [4.69, 9.17) is 4.74 Å². The van der Waals surface area contributed by atoms with Gasteiger partial charge in [0.05, 0.1) is 6.10 Å². The topological polar surface area (TPSA) is 29.5 Å². The molecule has 1 saturated carbocycles. The van der Waals surface area contributed by atoms with E-state index < -0.39 is 6.29 Å². The van der Waals surface area contributed by atoms with Gasteiger partial charge in [-0.15, -0.1) is 0 Å². The van der Waals surface area contributed by atoms with E-state index >= 15 is 0 Å². The summed E-state index contributed by atoms with van der Waals surface area (Å²) in [6, 6.07) is 0. The first kappa shape index (κ1) is 8.52. The molecule has 70 valence electrons. The highest BCUT2D eigenvalue weighted by Crippen LogP contribution is 2.42. The standard InChI is InChI=1S/C10H18O2/c1-2-9-7-5-3-4-6-8(7)10(11)12-9/h7-11H,2-6H2,1H3. The van der Waals surface area contributed by atoms with Gasteiger partial charge in [-0.2, -0.15) is 0 Å². The van der Waals surface area contributed by atoms with Gasteiger partial charge in [0.25, 0.3) is 0 Å². The quantitative estimate of drug-likeness (QED) is 0.651. The van der Waals surface area contributed by atoms with Crippen molar-refractivity contribution in [3.05, 3.63) is 0 Å². The number of rotatable bonds is 1. The summed E-state index contributed by atoms with van der Waals surface area (Å²) in [5.41, 5.74) is 0. The van der Waals surface area contributed by atoms with Crippen molar-refractivity contribution in [2.45, 2.75) is 51.4 Å². The minimum atomic E-state index is -0.458. The molecule has 0 aromatic carbocycles. The van der Waals surface area contributed by atoms with Crippen LogP contribution in [0.25, 0.3) is 0 Å². The Labute approximate surface area is 73.9 Å². The predicted molar refractivity (Wildman–Crippen MR) is 46.6 cm³/mol. The number of hydrogen-bond donors (Lipinski definition) is 1. The number of aliphatic hydroxyl groups is 1. The molecule has 1 N–H and O–H groups in total. The Morgan fingerprint density at radius 2 is 1.92 bits per heavy atom. The van der Waals surface area contributed by atoms with Crippen LogP contribution in [0.15, 0.2) is 0 Å². The van der Waals surface area contributed by atoms with E-state index in [1.807, 2.05) is 0 Å². The summed E-state index contributed by atoms with van der Waals surface area (Å²) in [4.78, 5) is 0. The van der Waals surface area contributed by atoms with Crippen molar-refractivity contribution in [3.63, 3.8) is 0 Å². The second-order valence-electron chi connectivity index (χ2n) is 4.09. The lowest BCUT2D eigenvalue weighted by molar-refractivity contribution is -0.109. The normalized spacial score (nSPS) is 47.5. The van der Waals surface area contributed by atoms with Gasteiger partial charge in [0, 0.05) is 5.92 Å². The third-order valence-electron chi connectivity index (χ3n) is 3.44. The summed E-state index contributed by atoms with van der Waals surface area (Å²) in [5.74, 6) is 1.10. The zero-order valence-electron chi connectivity index (χ0n) is 7.70. The Balaban J connectivity index is 2.05. The van der Waals surface area contributed by atoms with Crippen molar-refractivity contribution in [2.24, 2.45) is 11.8 Å². The summed E-state index contributed by atoms with van der Waals surface area (Å²) in [6.07, 6.45) is 5.97. The molecule has 2 rings (SSSR count). The molecule has 2 fully saturated rings. The SMILES string of the molecule is CCC1OC(O)C2CCCCC12. The van der Waals surface area contributed by atoms with Gasteiger partial charge in [0.2, 0.25) is 0 Å². The third-order valence-corrected chi connectivity index (χ3v) is 3.44. The number of fused-ring (bicyclic) bond motifs is 1. The third kappa shape index (κ3) is 1.27. The number of ether oxygens (including phenoxy) is 1. The van der Waals surface area contributed by atoms with E-state index in [1.54, 1.807) is 0 Å². The van der Waals surface area contributed by atoms with Crippen molar-refractivity contribution >= 4 is 0 Å². The first-order chi connectivity index (χ1) is 5.83. The average molecular weight is 170 g/mol. The zero-order chi connectivity index (χ0) is 8.55. The highest BCUT2D eigenvalue weighted by Gasteiger charge is 2.43. The second kappa shape index (κ2) is 3.35. The molecule has 2 aliphatic rings. The van der Waals surface area contributed by atoms with Gasteiger partial charge in [0.15, 0.2) is 6.29 Å². The van der Waals surface area contributed by atoms with Crippen molar-refractivity contribution < 1.29 is 9.84 Å². The van der Waals surface area contributed by atoms with Gasteiger partial charge in [-0.3, -0.25) is 0 Å². The fourth-order valence-corrected chi connectivity index (χ4v) is 2.78. The molecule has 1 heterocycles. The van der Waals surface area contributed by atoms with Gasteiger partial charge in [0.1, 0.15) is 0 Å². The molecule has 2 heteroatoms. The van der Waals surface area contributed by atoms with Crippen LogP contribution in [0.4, 0.5) is 0 Å². The smallest absolute Gasteiger partial charge is 0.158 e. The summed E-state index contributed by atoms with van der Waals surface area (Å²) in [7, 11) is 0. The predicted octanol–water partition coefficient (Wildman–Crippen LogP) is 1.92. The van der Waals surface area contributed by atoms with Crippen molar-refractivity contribution in [1.82, 2.24) is 0 Å². The molecule has 1 aliphatic heterocycles. The fourth-order valence-electron chi connectivity index (χ4n) is 2.78. The monoisotopic (exact) mass is 170 g/mol. The van der Waals surface area contributed by atoms with E-state index in [-0.39, 0.29) is 0 Å². The Hall–Kier alpha value is -0.0800. The largest absolute Gasteiger partial charge is 0.368 e. The highest BCUT2D eigenvalue weighted by atomic mass is 16.6. The highest BCUT2D eigenvalue weighted by molar-refractivity contribution is 4.87. The maximum Gasteiger partial charge on any atom is 0.158 e. The lowest BCUT2D eigenvalue weighted by atomic mass is 9.77. The molecule has 1 aliphatic carbocycles. The maximum absolute atomic E-state index is 9.60. The lowest BCUT2D eigenvalue weighted by Crippen LogP contribution is -2.25. The first-order valence-corrected chi connectivity index (χ1v) is 5.16. The Kier molecular flexibility index (Phi) is 2.37. The van der Waals surface area contributed by atoms with Crippen molar-refractivity contribution in [2.75, 3.05) is 0 Å². The number of hydrogen-bond acceptors (Lipinski definition) is 2. The summed E-state index contributed by atoms with van der Waals surface area (Å²) in [5, 5.41) is 9.60. The lowest BCUT2D eigenvalue weighted by Gasteiger charge is -2.26. The van der Waals surface area contributed by atoms with Crippen molar-refractivity contribution in [1.29, 1.82) is 0 Å². The van der Waals surface area contributed by atoms with Gasteiger partial charge in [-0.25, -0.2) is 0 Å². The summed E-state index contributed by atoms with van der Waals surface area (Å²) < 4.78 is 5.51. The molecule has 4 unspecified atom stereocenters. The Morgan fingerprint density at radius 1 is 1.25 bits per heavy atom. The van der Waals surface area contributed by atoms with Crippen LogP contribution in [0.2, 0.25) is 0 Å². The van der Waals surface area contributed by atoms with E-state index in [0.717, 1.165) is 6.42 Å². The van der Waals surface area contributed by atoms with Crippen LogP contribution in [0.3, 0.4) is 0 Å². The van der Waals surface area contributed by atoms with Crippen molar-refractivity contribution in [3.8, 4) is 0 Å². The molecular formula is C10H18O2. The zero-order valence-corrected chi connectivity index (χ0v) is 7.70. The van der Waals surface area contributed by atoms with Gasteiger partial charge < -0.3 is 9.84 Å². The van der Waals surface area contributed by atoms with Crippen LogP contribution in [0.5, 0.6) is 0 Å². The van der Waals surface area contributed by atoms with Crippen LogP contribution >= 0.6 is 0 Å². The molecule has 0 amide bonds.